The Kier molecular flexibility index (Phi) is 6.91. The molecule has 0 unspecified atom stereocenters. The molecular weight excluding hydrogens is 723 g/mol. The number of hydrogen-bond acceptors (Lipinski definition) is 2. The number of aryl methyl sites for hydroxylation is 2. The van der Waals surface area contributed by atoms with Gasteiger partial charge in [-0.25, -0.2) is 0 Å². The number of para-hydroxylation sites is 1. The number of benzene rings is 9. The first-order chi connectivity index (χ1) is 29.6. The number of nitrogens with zero attached hydrogens (tertiary/aromatic N) is 2. The number of anilines is 6. The fourth-order valence-electron chi connectivity index (χ4n) is 11.3. The fraction of sp³-hybridized carbons (Fsp3) is 0.0526. The van der Waals surface area contributed by atoms with Crippen molar-refractivity contribution in [2.45, 2.75) is 19.3 Å². The van der Waals surface area contributed by atoms with Gasteiger partial charge in [-0.15, -0.1) is 0 Å². The van der Waals surface area contributed by atoms with Crippen LogP contribution in [0, 0.1) is 13.8 Å². The quantitative estimate of drug-likeness (QED) is 0.165. The summed E-state index contributed by atoms with van der Waals surface area (Å²) < 4.78 is 0. The smallest absolute Gasteiger partial charge is 0.252 e. The van der Waals surface area contributed by atoms with Crippen molar-refractivity contribution in [1.29, 1.82) is 0 Å². The molecule has 0 aromatic heterocycles. The van der Waals surface area contributed by atoms with E-state index in [-0.39, 0.29) is 12.1 Å². The summed E-state index contributed by atoms with van der Waals surface area (Å²) in [6, 6.07) is 75.6. The van der Waals surface area contributed by atoms with Gasteiger partial charge in [0.15, 0.2) is 0 Å². The van der Waals surface area contributed by atoms with Crippen LogP contribution < -0.4 is 26.2 Å². The molecule has 4 aliphatic rings. The minimum Gasteiger partial charge on any atom is -0.311 e. The minimum absolute atomic E-state index is 0.0637. The number of fused-ring (bicyclic) bond motifs is 14. The maximum absolute atomic E-state index is 2.57. The molecule has 0 fully saturated rings. The molecule has 280 valence electrons. The highest BCUT2D eigenvalue weighted by molar-refractivity contribution is 7.00. The first kappa shape index (κ1) is 33.6. The summed E-state index contributed by atoms with van der Waals surface area (Å²) in [5.74, 6) is 0. The van der Waals surface area contributed by atoms with Gasteiger partial charge in [0.05, 0.1) is 5.41 Å². The van der Waals surface area contributed by atoms with Crippen LogP contribution in [0.4, 0.5) is 34.1 Å². The van der Waals surface area contributed by atoms with Crippen LogP contribution in [0.1, 0.15) is 33.4 Å². The molecule has 13 rings (SSSR count). The van der Waals surface area contributed by atoms with Crippen LogP contribution in [0.5, 0.6) is 0 Å². The fourth-order valence-corrected chi connectivity index (χ4v) is 11.3. The molecule has 60 heavy (non-hydrogen) atoms. The Hall–Kier alpha value is -7.36. The normalized spacial score (nSPS) is 14.2. The molecule has 9 aromatic carbocycles. The van der Waals surface area contributed by atoms with E-state index in [4.69, 9.17) is 0 Å². The Morgan fingerprint density at radius 1 is 0.350 bits per heavy atom. The zero-order valence-corrected chi connectivity index (χ0v) is 33.5. The Morgan fingerprint density at radius 2 is 0.867 bits per heavy atom. The van der Waals surface area contributed by atoms with Crippen LogP contribution in [0.15, 0.2) is 200 Å². The van der Waals surface area contributed by atoms with Crippen LogP contribution in [-0.2, 0) is 5.41 Å². The number of rotatable bonds is 3. The molecular formula is C57H39BN2. The van der Waals surface area contributed by atoms with Crippen molar-refractivity contribution in [2.24, 2.45) is 0 Å². The molecule has 0 N–H and O–H groups in total. The van der Waals surface area contributed by atoms with Crippen molar-refractivity contribution in [3.8, 4) is 33.4 Å². The molecule has 9 aromatic rings. The van der Waals surface area contributed by atoms with Gasteiger partial charge < -0.3 is 9.80 Å². The summed E-state index contributed by atoms with van der Waals surface area (Å²) in [7, 11) is 0. The molecule has 0 bridgehead atoms. The van der Waals surface area contributed by atoms with Crippen molar-refractivity contribution in [2.75, 3.05) is 9.80 Å². The lowest BCUT2D eigenvalue weighted by Gasteiger charge is -2.44. The second-order valence-corrected chi connectivity index (χ2v) is 17.0. The summed E-state index contributed by atoms with van der Waals surface area (Å²) in [5, 5.41) is 0. The van der Waals surface area contributed by atoms with E-state index in [0.717, 1.165) is 5.69 Å². The molecule has 2 nitrogen and oxygen atoms in total. The second-order valence-electron chi connectivity index (χ2n) is 17.0. The van der Waals surface area contributed by atoms with Crippen molar-refractivity contribution < 1.29 is 0 Å². The van der Waals surface area contributed by atoms with E-state index in [1.165, 1.54) is 112 Å². The molecule has 0 saturated heterocycles. The van der Waals surface area contributed by atoms with Gasteiger partial charge in [0.2, 0.25) is 0 Å². The van der Waals surface area contributed by atoms with E-state index in [9.17, 15) is 0 Å². The molecule has 0 atom stereocenters. The third-order valence-electron chi connectivity index (χ3n) is 13.8. The van der Waals surface area contributed by atoms with E-state index in [0.29, 0.717) is 0 Å². The van der Waals surface area contributed by atoms with Crippen LogP contribution in [-0.4, -0.2) is 6.71 Å². The summed E-state index contributed by atoms with van der Waals surface area (Å²) in [4.78, 5) is 5.08. The summed E-state index contributed by atoms with van der Waals surface area (Å²) in [6.07, 6.45) is 0. The molecule has 1 spiro atoms. The highest BCUT2D eigenvalue weighted by Gasteiger charge is 2.52. The van der Waals surface area contributed by atoms with Gasteiger partial charge in [-0.2, -0.15) is 0 Å². The Morgan fingerprint density at radius 3 is 1.55 bits per heavy atom. The van der Waals surface area contributed by atoms with Gasteiger partial charge in [0.1, 0.15) is 0 Å². The third kappa shape index (κ3) is 4.39. The van der Waals surface area contributed by atoms with E-state index in [2.05, 4.69) is 224 Å². The highest BCUT2D eigenvalue weighted by atomic mass is 15.2. The predicted octanol–water partition coefficient (Wildman–Crippen LogP) is 12.4. The van der Waals surface area contributed by atoms with Crippen molar-refractivity contribution in [1.82, 2.24) is 0 Å². The zero-order chi connectivity index (χ0) is 39.7. The maximum atomic E-state index is 2.57. The van der Waals surface area contributed by atoms with Gasteiger partial charge in [0, 0.05) is 34.1 Å². The molecule has 2 heterocycles. The predicted molar refractivity (Wildman–Crippen MR) is 252 cm³/mol. The van der Waals surface area contributed by atoms with E-state index >= 15 is 0 Å². The van der Waals surface area contributed by atoms with E-state index < -0.39 is 0 Å². The van der Waals surface area contributed by atoms with Gasteiger partial charge in [-0.05, 0) is 134 Å². The molecule has 2 aliphatic carbocycles. The van der Waals surface area contributed by atoms with Crippen molar-refractivity contribution >= 4 is 57.2 Å². The third-order valence-corrected chi connectivity index (χ3v) is 13.8. The van der Waals surface area contributed by atoms with Crippen molar-refractivity contribution in [3.05, 3.63) is 234 Å². The van der Waals surface area contributed by atoms with Crippen molar-refractivity contribution in [3.63, 3.8) is 0 Å². The summed E-state index contributed by atoms with van der Waals surface area (Å²) in [5.41, 5.74) is 26.5. The van der Waals surface area contributed by atoms with E-state index in [1.54, 1.807) is 0 Å². The van der Waals surface area contributed by atoms with Gasteiger partial charge in [-0.3, -0.25) is 0 Å². The van der Waals surface area contributed by atoms with Gasteiger partial charge in [0.25, 0.3) is 6.71 Å². The first-order valence-corrected chi connectivity index (χ1v) is 21.1. The highest BCUT2D eigenvalue weighted by Crippen LogP contribution is 2.63. The van der Waals surface area contributed by atoms with Crippen LogP contribution >= 0.6 is 0 Å². The average molecular weight is 763 g/mol. The summed E-state index contributed by atoms with van der Waals surface area (Å²) in [6.45, 7) is 4.46. The first-order valence-electron chi connectivity index (χ1n) is 21.1. The van der Waals surface area contributed by atoms with Gasteiger partial charge in [-0.1, -0.05) is 163 Å². The second kappa shape index (κ2) is 12.3. The largest absolute Gasteiger partial charge is 0.311 e. The minimum atomic E-state index is -0.384. The lowest BCUT2D eigenvalue weighted by atomic mass is 9.33. The molecule has 0 amide bonds. The van der Waals surface area contributed by atoms with Crippen LogP contribution in [0.25, 0.3) is 33.4 Å². The monoisotopic (exact) mass is 762 g/mol. The van der Waals surface area contributed by atoms with E-state index in [1.807, 2.05) is 0 Å². The lowest BCUT2D eigenvalue weighted by molar-refractivity contribution is 0.794. The molecule has 2 aliphatic heterocycles. The topological polar surface area (TPSA) is 6.48 Å². The Labute approximate surface area is 351 Å². The maximum Gasteiger partial charge on any atom is 0.252 e. The van der Waals surface area contributed by atoms with Crippen LogP contribution in [0.3, 0.4) is 0 Å². The molecule has 0 radical (unpaired) electrons. The SMILES string of the molecule is Cc1ccc(N2c3ccc(C)cc3B3c4ccccc4N(c4ccc5c(c4)-c4ccccc4C54c5ccccc5-c5ccccc54)c4cc(-c5ccccc5)cc2c43)cc1. The number of hydrogen-bond donors (Lipinski definition) is 0. The molecule has 3 heteroatoms. The zero-order valence-electron chi connectivity index (χ0n) is 33.5. The Balaban J connectivity index is 1.10. The standard InChI is InChI=1S/C57H39BN2/c1-36-24-27-40(28-25-36)59-53-31-26-37(2)32-51(53)58-50-22-12-13-23-52(50)60(55-34-39(33-54(59)56(55)58)38-14-4-3-5-15-38)41-29-30-49-45(35-41)44-18-8-11-21-48(44)57(49)46-19-9-6-16-42(46)43-17-7-10-20-47(43)57/h3-35H,1-2H3. The summed E-state index contributed by atoms with van der Waals surface area (Å²) >= 11 is 0. The van der Waals surface area contributed by atoms with Gasteiger partial charge >= 0.3 is 0 Å². The average Bonchev–Trinajstić information content (AvgIpc) is 3.76. The lowest BCUT2D eigenvalue weighted by Crippen LogP contribution is -2.61. The molecule has 0 saturated carbocycles. The Bertz CT molecular complexity index is 3210. The van der Waals surface area contributed by atoms with Crippen LogP contribution in [0.2, 0.25) is 0 Å².